The zero-order chi connectivity index (χ0) is 29.0. The largest absolute Gasteiger partial charge is 0.458 e. The molecule has 12 heteroatoms. The smallest absolute Gasteiger partial charge is 0.414 e. The van der Waals surface area contributed by atoms with Crippen molar-refractivity contribution in [2.24, 2.45) is 0 Å². The Morgan fingerprint density at radius 3 is 2.26 bits per heavy atom. The number of carbonyl (C=O) groups excluding carboxylic acids is 3. The fraction of sp³-hybridized carbons (Fsp3) is 0.444. The van der Waals surface area contributed by atoms with E-state index in [4.69, 9.17) is 15.2 Å². The quantitative estimate of drug-likeness (QED) is 0.370. The summed E-state index contributed by atoms with van der Waals surface area (Å²) in [7, 11) is -0.825. The van der Waals surface area contributed by atoms with Gasteiger partial charge in [-0.15, -0.1) is 0 Å². The Morgan fingerprint density at radius 1 is 1.08 bits per heavy atom. The van der Waals surface area contributed by atoms with E-state index in [2.05, 4.69) is 5.32 Å². The number of hydrogen-bond acceptors (Lipinski definition) is 8. The molecule has 0 saturated carbocycles. The van der Waals surface area contributed by atoms with Gasteiger partial charge >= 0.3 is 12.1 Å². The van der Waals surface area contributed by atoms with E-state index in [0.717, 1.165) is 4.31 Å². The number of nitrogens with two attached hydrogens (primary N) is 1. The molecule has 3 rings (SSSR count). The van der Waals surface area contributed by atoms with E-state index in [9.17, 15) is 22.8 Å². The molecule has 2 atom stereocenters. The van der Waals surface area contributed by atoms with E-state index in [1.54, 1.807) is 59.1 Å². The summed E-state index contributed by atoms with van der Waals surface area (Å²) < 4.78 is 38.5. The SMILES string of the molecule is CN(C)C(=O)Oc1ccc(C[C@H](NC(=O)[C@@H]2CCCN2S(=O)(=O)c2ccc(N)cc2)C(=O)OC(C)(C)C)cc1. The Morgan fingerprint density at radius 2 is 1.69 bits per heavy atom. The molecule has 39 heavy (non-hydrogen) atoms. The van der Waals surface area contributed by atoms with E-state index in [1.807, 2.05) is 0 Å². The van der Waals surface area contributed by atoms with Crippen LogP contribution >= 0.6 is 0 Å². The molecule has 212 valence electrons. The molecule has 0 aromatic heterocycles. The molecule has 11 nitrogen and oxygen atoms in total. The van der Waals surface area contributed by atoms with E-state index in [1.165, 1.54) is 29.2 Å². The highest BCUT2D eigenvalue weighted by Gasteiger charge is 2.41. The van der Waals surface area contributed by atoms with Crippen LogP contribution in [-0.2, 0) is 30.8 Å². The van der Waals surface area contributed by atoms with Crippen molar-refractivity contribution in [2.45, 2.75) is 62.6 Å². The van der Waals surface area contributed by atoms with Gasteiger partial charge in [0.25, 0.3) is 0 Å². The molecule has 0 spiro atoms. The van der Waals surface area contributed by atoms with Gasteiger partial charge in [-0.05, 0) is 75.6 Å². The minimum atomic E-state index is -3.96. The van der Waals surface area contributed by atoms with Crippen LogP contribution in [0.2, 0.25) is 0 Å². The van der Waals surface area contributed by atoms with Crippen molar-refractivity contribution in [1.82, 2.24) is 14.5 Å². The third-order valence-corrected chi connectivity index (χ3v) is 7.86. The van der Waals surface area contributed by atoms with Crippen LogP contribution in [0.3, 0.4) is 0 Å². The fourth-order valence-electron chi connectivity index (χ4n) is 4.02. The molecule has 1 aliphatic rings. The fourth-order valence-corrected chi connectivity index (χ4v) is 5.68. The van der Waals surface area contributed by atoms with E-state index in [0.29, 0.717) is 29.8 Å². The van der Waals surface area contributed by atoms with Crippen molar-refractivity contribution in [1.29, 1.82) is 0 Å². The van der Waals surface area contributed by atoms with Crippen LogP contribution in [0, 0.1) is 0 Å². The Labute approximate surface area is 229 Å². The van der Waals surface area contributed by atoms with Gasteiger partial charge in [0.05, 0.1) is 4.90 Å². The predicted molar refractivity (Wildman–Crippen MR) is 145 cm³/mol. The van der Waals surface area contributed by atoms with Crippen LogP contribution in [0.15, 0.2) is 53.4 Å². The number of anilines is 1. The molecule has 2 aromatic rings. The number of nitrogens with one attached hydrogen (secondary N) is 1. The molecule has 0 radical (unpaired) electrons. The first kappa shape index (κ1) is 29.9. The second-order valence-electron chi connectivity index (χ2n) is 10.5. The van der Waals surface area contributed by atoms with Gasteiger partial charge in [0.2, 0.25) is 15.9 Å². The summed E-state index contributed by atoms with van der Waals surface area (Å²) in [5.74, 6) is -0.909. The van der Waals surface area contributed by atoms with E-state index >= 15 is 0 Å². The number of nitrogen functional groups attached to an aromatic ring is 1. The second-order valence-corrected chi connectivity index (χ2v) is 12.4. The molecular formula is C27H36N4O7S. The molecule has 1 heterocycles. The molecule has 1 aliphatic heterocycles. The van der Waals surface area contributed by atoms with Crippen molar-refractivity contribution in [2.75, 3.05) is 26.4 Å². The molecule has 3 N–H and O–H groups in total. The molecule has 0 bridgehead atoms. The molecule has 1 fully saturated rings. The number of benzene rings is 2. The Hall–Kier alpha value is -3.64. The van der Waals surface area contributed by atoms with Gasteiger partial charge in [-0.25, -0.2) is 18.0 Å². The van der Waals surface area contributed by atoms with Crippen LogP contribution in [0.5, 0.6) is 5.75 Å². The zero-order valence-corrected chi connectivity index (χ0v) is 23.7. The average Bonchev–Trinajstić information content (AvgIpc) is 3.35. The topological polar surface area (TPSA) is 148 Å². The van der Waals surface area contributed by atoms with E-state index in [-0.39, 0.29) is 17.9 Å². The predicted octanol–water partition coefficient (Wildman–Crippen LogP) is 2.55. The lowest BCUT2D eigenvalue weighted by atomic mass is 10.0. The van der Waals surface area contributed by atoms with Gasteiger partial charge in [0.1, 0.15) is 23.4 Å². The van der Waals surface area contributed by atoms with Crippen LogP contribution in [-0.4, -0.2) is 73.9 Å². The van der Waals surface area contributed by atoms with Gasteiger partial charge in [-0.1, -0.05) is 12.1 Å². The third-order valence-electron chi connectivity index (χ3n) is 5.93. The minimum Gasteiger partial charge on any atom is -0.458 e. The lowest BCUT2D eigenvalue weighted by molar-refractivity contribution is -0.158. The van der Waals surface area contributed by atoms with Crippen LogP contribution in [0.25, 0.3) is 0 Å². The van der Waals surface area contributed by atoms with Crippen LogP contribution in [0.4, 0.5) is 10.5 Å². The normalized spacial score (nSPS) is 16.8. The number of ether oxygens (including phenoxy) is 2. The molecule has 2 aromatic carbocycles. The first-order valence-electron chi connectivity index (χ1n) is 12.6. The minimum absolute atomic E-state index is 0.0372. The number of sulfonamides is 1. The van der Waals surface area contributed by atoms with Crippen molar-refractivity contribution in [3.63, 3.8) is 0 Å². The number of nitrogens with zero attached hydrogens (tertiary/aromatic N) is 2. The van der Waals surface area contributed by atoms with Gasteiger partial charge in [-0.2, -0.15) is 4.31 Å². The Bertz CT molecular complexity index is 1290. The van der Waals surface area contributed by atoms with Gasteiger partial charge < -0.3 is 25.4 Å². The number of rotatable bonds is 8. The number of amides is 2. The van der Waals surface area contributed by atoms with Crippen molar-refractivity contribution < 1.29 is 32.3 Å². The first-order valence-corrected chi connectivity index (χ1v) is 14.0. The van der Waals surface area contributed by atoms with Crippen molar-refractivity contribution >= 4 is 33.7 Å². The highest BCUT2D eigenvalue weighted by Crippen LogP contribution is 2.27. The van der Waals surface area contributed by atoms with Gasteiger partial charge in [-0.3, -0.25) is 4.79 Å². The van der Waals surface area contributed by atoms with Crippen molar-refractivity contribution in [3.05, 3.63) is 54.1 Å². The molecule has 1 saturated heterocycles. The maximum atomic E-state index is 13.4. The summed E-state index contributed by atoms with van der Waals surface area (Å²) >= 11 is 0. The van der Waals surface area contributed by atoms with Crippen LogP contribution in [0.1, 0.15) is 39.2 Å². The van der Waals surface area contributed by atoms with Gasteiger partial charge in [0, 0.05) is 32.7 Å². The Balaban J connectivity index is 1.79. The summed E-state index contributed by atoms with van der Waals surface area (Å²) in [4.78, 5) is 39.6. The summed E-state index contributed by atoms with van der Waals surface area (Å²) in [5, 5.41) is 2.72. The summed E-state index contributed by atoms with van der Waals surface area (Å²) in [6.07, 6.45) is 0.362. The number of carbonyl (C=O) groups is 3. The molecule has 0 aliphatic carbocycles. The molecule has 0 unspecified atom stereocenters. The van der Waals surface area contributed by atoms with E-state index < -0.39 is 45.7 Å². The Kier molecular flexibility index (Phi) is 9.23. The highest BCUT2D eigenvalue weighted by molar-refractivity contribution is 7.89. The number of hydrogen-bond donors (Lipinski definition) is 2. The van der Waals surface area contributed by atoms with Gasteiger partial charge in [0.15, 0.2) is 0 Å². The summed E-state index contributed by atoms with van der Waals surface area (Å²) in [6, 6.07) is 10.3. The second kappa shape index (κ2) is 12.0. The summed E-state index contributed by atoms with van der Waals surface area (Å²) in [6.45, 7) is 5.33. The molecular weight excluding hydrogens is 524 g/mol. The maximum Gasteiger partial charge on any atom is 0.414 e. The number of esters is 1. The van der Waals surface area contributed by atoms with Crippen LogP contribution < -0.4 is 15.8 Å². The maximum absolute atomic E-state index is 13.4. The average molecular weight is 561 g/mol. The first-order chi connectivity index (χ1) is 18.2. The lowest BCUT2D eigenvalue weighted by Crippen LogP contribution is -2.52. The third kappa shape index (κ3) is 7.93. The standard InChI is InChI=1S/C27H36N4O7S/c1-27(2,3)38-25(33)22(17-18-8-12-20(13-9-18)37-26(34)30(4)5)29-24(32)23-7-6-16-31(23)39(35,36)21-14-10-19(28)11-15-21/h8-15,22-23H,6-7,16-17,28H2,1-5H3,(H,29,32)/t22-,23-/m0/s1. The lowest BCUT2D eigenvalue weighted by Gasteiger charge is -2.28. The zero-order valence-electron chi connectivity index (χ0n) is 22.8. The highest BCUT2D eigenvalue weighted by atomic mass is 32.2. The summed E-state index contributed by atoms with van der Waals surface area (Å²) in [5.41, 5.74) is 5.99. The van der Waals surface area contributed by atoms with Crippen molar-refractivity contribution in [3.8, 4) is 5.75 Å². The molecule has 2 amide bonds. The monoisotopic (exact) mass is 560 g/mol.